The third-order valence-electron chi connectivity index (χ3n) is 3.24. The van der Waals surface area contributed by atoms with E-state index in [1.54, 1.807) is 6.26 Å². The maximum atomic E-state index is 6.16. The maximum absolute atomic E-state index is 6.16. The van der Waals surface area contributed by atoms with Crippen molar-refractivity contribution in [3.63, 3.8) is 0 Å². The van der Waals surface area contributed by atoms with Gasteiger partial charge in [0, 0.05) is 29.8 Å². The number of benzene rings is 1. The van der Waals surface area contributed by atoms with E-state index in [1.165, 1.54) is 5.56 Å². The van der Waals surface area contributed by atoms with Crippen molar-refractivity contribution < 1.29 is 4.42 Å². The minimum atomic E-state index is 0.0799. The van der Waals surface area contributed by atoms with Crippen LogP contribution in [0.15, 0.2) is 41.0 Å². The lowest BCUT2D eigenvalue weighted by atomic mass is 10.1. The summed E-state index contributed by atoms with van der Waals surface area (Å²) in [5, 5.41) is 4.26. The van der Waals surface area contributed by atoms with E-state index in [0.717, 1.165) is 29.6 Å². The van der Waals surface area contributed by atoms with Gasteiger partial charge in [-0.05, 0) is 50.6 Å². The van der Waals surface area contributed by atoms with Crippen LogP contribution in [0.3, 0.4) is 0 Å². The van der Waals surface area contributed by atoms with Crippen LogP contribution in [0.1, 0.15) is 32.1 Å². The predicted octanol–water partition coefficient (Wildman–Crippen LogP) is 4.46. The number of halogens is 1. The fraction of sp³-hybridized carbons (Fsp3) is 0.412. The SMILES string of the molecule is CN(Cc1ccco1)c1cc(Cl)ccc1CNC(C)(C)C. The summed E-state index contributed by atoms with van der Waals surface area (Å²) in [5.74, 6) is 0.937. The molecule has 114 valence electrons. The third kappa shape index (κ3) is 4.80. The van der Waals surface area contributed by atoms with Gasteiger partial charge in [0.15, 0.2) is 0 Å². The smallest absolute Gasteiger partial charge is 0.123 e. The first kappa shape index (κ1) is 15.9. The van der Waals surface area contributed by atoms with Gasteiger partial charge in [0.1, 0.15) is 5.76 Å². The second kappa shape index (κ2) is 6.54. The van der Waals surface area contributed by atoms with E-state index in [-0.39, 0.29) is 5.54 Å². The highest BCUT2D eigenvalue weighted by Gasteiger charge is 2.13. The quantitative estimate of drug-likeness (QED) is 0.884. The fourth-order valence-corrected chi connectivity index (χ4v) is 2.29. The Morgan fingerprint density at radius 3 is 2.62 bits per heavy atom. The van der Waals surface area contributed by atoms with E-state index < -0.39 is 0 Å². The van der Waals surface area contributed by atoms with E-state index in [2.05, 4.69) is 44.1 Å². The molecule has 1 N–H and O–H groups in total. The Kier molecular flexibility index (Phi) is 4.96. The Morgan fingerprint density at radius 1 is 1.24 bits per heavy atom. The van der Waals surface area contributed by atoms with E-state index in [1.807, 2.05) is 24.3 Å². The largest absolute Gasteiger partial charge is 0.467 e. The van der Waals surface area contributed by atoms with Gasteiger partial charge in [0.25, 0.3) is 0 Å². The molecule has 0 radical (unpaired) electrons. The molecule has 0 spiro atoms. The predicted molar refractivity (Wildman–Crippen MR) is 88.9 cm³/mol. The second-order valence-corrected chi connectivity index (χ2v) is 6.75. The van der Waals surface area contributed by atoms with E-state index in [4.69, 9.17) is 16.0 Å². The summed E-state index contributed by atoms with van der Waals surface area (Å²) in [7, 11) is 2.05. The number of nitrogens with zero attached hydrogens (tertiary/aromatic N) is 1. The number of hydrogen-bond donors (Lipinski definition) is 1. The molecule has 0 aliphatic carbocycles. The van der Waals surface area contributed by atoms with Gasteiger partial charge in [-0.25, -0.2) is 0 Å². The standard InChI is InChI=1S/C17H23ClN2O/c1-17(2,3)19-11-13-7-8-14(18)10-16(13)20(4)12-15-6-5-9-21-15/h5-10,19H,11-12H2,1-4H3. The van der Waals surface area contributed by atoms with Crippen molar-refractivity contribution in [1.29, 1.82) is 0 Å². The first-order valence-electron chi connectivity index (χ1n) is 7.12. The molecule has 21 heavy (non-hydrogen) atoms. The van der Waals surface area contributed by atoms with Crippen LogP contribution in [0.25, 0.3) is 0 Å². The lowest BCUT2D eigenvalue weighted by molar-refractivity contribution is 0.424. The highest BCUT2D eigenvalue weighted by atomic mass is 35.5. The Hall–Kier alpha value is -1.45. The van der Waals surface area contributed by atoms with Crippen molar-refractivity contribution in [2.75, 3.05) is 11.9 Å². The molecule has 0 aliphatic heterocycles. The van der Waals surface area contributed by atoms with Crippen LogP contribution < -0.4 is 10.2 Å². The molecule has 0 aliphatic rings. The highest BCUT2D eigenvalue weighted by Crippen LogP contribution is 2.26. The van der Waals surface area contributed by atoms with Gasteiger partial charge in [-0.3, -0.25) is 0 Å². The van der Waals surface area contributed by atoms with Crippen LogP contribution in [0, 0.1) is 0 Å². The fourth-order valence-electron chi connectivity index (χ4n) is 2.12. The van der Waals surface area contributed by atoms with Crippen LogP contribution in [-0.2, 0) is 13.1 Å². The van der Waals surface area contributed by atoms with Gasteiger partial charge in [-0.15, -0.1) is 0 Å². The highest BCUT2D eigenvalue weighted by molar-refractivity contribution is 6.30. The summed E-state index contributed by atoms with van der Waals surface area (Å²) < 4.78 is 5.42. The lowest BCUT2D eigenvalue weighted by Crippen LogP contribution is -2.35. The van der Waals surface area contributed by atoms with Crippen molar-refractivity contribution >= 4 is 17.3 Å². The molecule has 0 saturated heterocycles. The third-order valence-corrected chi connectivity index (χ3v) is 3.48. The summed E-state index contributed by atoms with van der Waals surface area (Å²) in [5.41, 5.74) is 2.43. The molecule has 2 aromatic rings. The molecular weight excluding hydrogens is 284 g/mol. The van der Waals surface area contributed by atoms with Gasteiger partial charge >= 0.3 is 0 Å². The van der Waals surface area contributed by atoms with Crippen molar-refractivity contribution in [3.8, 4) is 0 Å². The summed E-state index contributed by atoms with van der Waals surface area (Å²) in [4.78, 5) is 2.16. The molecule has 1 aromatic carbocycles. The number of furan rings is 1. The molecule has 0 fully saturated rings. The molecule has 4 heteroatoms. The van der Waals surface area contributed by atoms with Crippen molar-refractivity contribution in [1.82, 2.24) is 5.32 Å². The summed E-state index contributed by atoms with van der Waals surface area (Å²) in [6.45, 7) is 8.01. The Morgan fingerprint density at radius 2 is 2.00 bits per heavy atom. The minimum absolute atomic E-state index is 0.0799. The zero-order chi connectivity index (χ0) is 15.5. The molecule has 0 atom stereocenters. The first-order chi connectivity index (χ1) is 9.85. The molecule has 0 amide bonds. The summed E-state index contributed by atoms with van der Waals surface area (Å²) >= 11 is 6.16. The van der Waals surface area contributed by atoms with Crippen LogP contribution in [0.2, 0.25) is 5.02 Å². The normalized spacial score (nSPS) is 11.7. The molecule has 1 aromatic heterocycles. The lowest BCUT2D eigenvalue weighted by Gasteiger charge is -2.25. The average molecular weight is 307 g/mol. The van der Waals surface area contributed by atoms with Crippen molar-refractivity contribution in [2.24, 2.45) is 0 Å². The molecule has 3 nitrogen and oxygen atoms in total. The van der Waals surface area contributed by atoms with E-state index >= 15 is 0 Å². The molecule has 1 heterocycles. The number of rotatable bonds is 5. The molecule has 0 bridgehead atoms. The molecule has 0 unspecified atom stereocenters. The van der Waals surface area contributed by atoms with E-state index in [0.29, 0.717) is 0 Å². The number of anilines is 1. The monoisotopic (exact) mass is 306 g/mol. The van der Waals surface area contributed by atoms with Crippen LogP contribution in [0.4, 0.5) is 5.69 Å². The molecule has 0 saturated carbocycles. The maximum Gasteiger partial charge on any atom is 0.123 e. The van der Waals surface area contributed by atoms with Gasteiger partial charge in [0.2, 0.25) is 0 Å². The van der Waals surface area contributed by atoms with Crippen LogP contribution in [0.5, 0.6) is 0 Å². The first-order valence-corrected chi connectivity index (χ1v) is 7.50. The topological polar surface area (TPSA) is 28.4 Å². The second-order valence-electron chi connectivity index (χ2n) is 6.31. The van der Waals surface area contributed by atoms with Gasteiger partial charge < -0.3 is 14.6 Å². The van der Waals surface area contributed by atoms with Gasteiger partial charge in [0.05, 0.1) is 12.8 Å². The Balaban J connectivity index is 2.18. The summed E-state index contributed by atoms with van der Waals surface area (Å²) in [6.07, 6.45) is 1.70. The number of nitrogens with one attached hydrogen (secondary N) is 1. The average Bonchev–Trinajstić information content (AvgIpc) is 2.89. The minimum Gasteiger partial charge on any atom is -0.467 e. The zero-order valence-corrected chi connectivity index (χ0v) is 13.9. The van der Waals surface area contributed by atoms with Crippen LogP contribution >= 0.6 is 11.6 Å². The Bertz CT molecular complexity index is 573. The van der Waals surface area contributed by atoms with Crippen LogP contribution in [-0.4, -0.2) is 12.6 Å². The van der Waals surface area contributed by atoms with Crippen molar-refractivity contribution in [2.45, 2.75) is 39.4 Å². The van der Waals surface area contributed by atoms with Gasteiger partial charge in [-0.2, -0.15) is 0 Å². The van der Waals surface area contributed by atoms with Crippen molar-refractivity contribution in [3.05, 3.63) is 52.9 Å². The van der Waals surface area contributed by atoms with Gasteiger partial charge in [-0.1, -0.05) is 17.7 Å². The zero-order valence-electron chi connectivity index (χ0n) is 13.1. The van der Waals surface area contributed by atoms with E-state index in [9.17, 15) is 0 Å². The Labute approximate surface area is 131 Å². The molecular formula is C17H23ClN2O. The summed E-state index contributed by atoms with van der Waals surface area (Å²) in [6, 6.07) is 9.90. The molecule has 2 rings (SSSR count). The number of hydrogen-bond acceptors (Lipinski definition) is 3.